The van der Waals surface area contributed by atoms with Gasteiger partial charge >= 0.3 is 0 Å². The van der Waals surface area contributed by atoms with Crippen molar-refractivity contribution in [1.29, 1.82) is 0 Å². The van der Waals surface area contributed by atoms with Crippen molar-refractivity contribution in [2.75, 3.05) is 11.9 Å². The minimum Gasteiger partial charge on any atom is -0.472 e. The maximum atomic E-state index is 11.7. The van der Waals surface area contributed by atoms with Crippen molar-refractivity contribution in [3.8, 4) is 0 Å². The number of halogens is 1. The molecule has 4 heteroatoms. The molecule has 0 spiro atoms. The van der Waals surface area contributed by atoms with Crippen molar-refractivity contribution in [1.82, 2.24) is 5.32 Å². The predicted molar refractivity (Wildman–Crippen MR) is 65.7 cm³/mol. The average molecular weight is 286 g/mol. The number of rotatable bonds is 4. The molecule has 1 aliphatic rings. The minimum atomic E-state index is -0.0334. The summed E-state index contributed by atoms with van der Waals surface area (Å²) >= 11 is 3.53. The van der Waals surface area contributed by atoms with Gasteiger partial charge in [-0.1, -0.05) is 22.4 Å². The van der Waals surface area contributed by atoms with E-state index < -0.39 is 0 Å². The summed E-state index contributed by atoms with van der Waals surface area (Å²) in [6.45, 7) is 0.778. The van der Waals surface area contributed by atoms with E-state index in [-0.39, 0.29) is 5.91 Å². The Bertz CT molecular complexity index is 337. The van der Waals surface area contributed by atoms with Crippen LogP contribution in [0.2, 0.25) is 0 Å². The van der Waals surface area contributed by atoms with Crippen LogP contribution in [-0.4, -0.2) is 17.8 Å². The molecule has 1 N–H and O–H groups in total. The highest BCUT2D eigenvalue weighted by Gasteiger charge is 2.26. The quantitative estimate of drug-likeness (QED) is 0.865. The molecule has 3 nitrogen and oxygen atoms in total. The zero-order valence-corrected chi connectivity index (χ0v) is 10.7. The Hall–Kier alpha value is -0.770. The van der Waals surface area contributed by atoms with Crippen LogP contribution in [0, 0.1) is 11.8 Å². The highest BCUT2D eigenvalue weighted by Crippen LogP contribution is 2.32. The summed E-state index contributed by atoms with van der Waals surface area (Å²) in [4.78, 5) is 11.7. The van der Waals surface area contributed by atoms with Crippen LogP contribution in [0.4, 0.5) is 0 Å². The first-order valence-electron chi connectivity index (χ1n) is 5.67. The predicted octanol–water partition coefficient (Wildman–Crippen LogP) is 2.82. The van der Waals surface area contributed by atoms with Gasteiger partial charge in [0.05, 0.1) is 11.8 Å². The van der Waals surface area contributed by atoms with E-state index in [1.54, 1.807) is 6.07 Å². The number of nitrogens with one attached hydrogen (secondary N) is 1. The molecule has 1 amide bonds. The Balaban J connectivity index is 1.81. The number of carbonyl (C=O) groups excluding carboxylic acids is 1. The van der Waals surface area contributed by atoms with Gasteiger partial charge in [0, 0.05) is 11.9 Å². The van der Waals surface area contributed by atoms with Crippen LogP contribution in [0.25, 0.3) is 0 Å². The Labute approximate surface area is 104 Å². The summed E-state index contributed by atoms with van der Waals surface area (Å²) in [6, 6.07) is 1.69. The number of carbonyl (C=O) groups is 1. The van der Waals surface area contributed by atoms with Crippen LogP contribution in [0.3, 0.4) is 0 Å². The lowest BCUT2D eigenvalue weighted by Crippen LogP contribution is -2.30. The number of furan rings is 1. The van der Waals surface area contributed by atoms with E-state index in [0.29, 0.717) is 17.4 Å². The van der Waals surface area contributed by atoms with Gasteiger partial charge in [0.2, 0.25) is 0 Å². The average Bonchev–Trinajstić information content (AvgIpc) is 2.96. The molecule has 0 bridgehead atoms. The molecule has 1 saturated carbocycles. The van der Waals surface area contributed by atoms with E-state index in [1.165, 1.54) is 31.8 Å². The normalized spacial score (nSPS) is 24.6. The highest BCUT2D eigenvalue weighted by molar-refractivity contribution is 9.09. The zero-order chi connectivity index (χ0) is 11.4. The third-order valence-electron chi connectivity index (χ3n) is 3.32. The largest absolute Gasteiger partial charge is 0.472 e. The summed E-state index contributed by atoms with van der Waals surface area (Å²) in [6.07, 6.45) is 6.78. The topological polar surface area (TPSA) is 42.2 Å². The Morgan fingerprint density at radius 1 is 1.50 bits per heavy atom. The number of amides is 1. The first-order valence-corrected chi connectivity index (χ1v) is 6.79. The van der Waals surface area contributed by atoms with E-state index in [0.717, 1.165) is 11.9 Å². The monoisotopic (exact) mass is 285 g/mol. The fraction of sp³-hybridized carbons (Fsp3) is 0.583. The maximum absolute atomic E-state index is 11.7. The third-order valence-corrected chi connectivity index (χ3v) is 4.15. The van der Waals surface area contributed by atoms with Crippen molar-refractivity contribution >= 4 is 21.8 Å². The fourth-order valence-corrected chi connectivity index (χ4v) is 3.16. The maximum Gasteiger partial charge on any atom is 0.254 e. The second kappa shape index (κ2) is 5.53. The molecule has 2 rings (SSSR count). The second-order valence-electron chi connectivity index (χ2n) is 4.33. The fourth-order valence-electron chi connectivity index (χ4n) is 2.31. The molecule has 0 aliphatic heterocycles. The van der Waals surface area contributed by atoms with Gasteiger partial charge in [-0.25, -0.2) is 0 Å². The molecule has 1 aromatic heterocycles. The SMILES string of the molecule is O=C(NCC1CCCC1CBr)c1ccoc1. The number of hydrogen-bond acceptors (Lipinski definition) is 2. The van der Waals surface area contributed by atoms with E-state index in [2.05, 4.69) is 21.2 Å². The molecule has 1 aromatic rings. The summed E-state index contributed by atoms with van der Waals surface area (Å²) < 4.78 is 4.88. The van der Waals surface area contributed by atoms with Crippen molar-refractivity contribution in [2.24, 2.45) is 11.8 Å². The van der Waals surface area contributed by atoms with Gasteiger partial charge in [0.15, 0.2) is 0 Å². The molecule has 1 aliphatic carbocycles. The Kier molecular flexibility index (Phi) is 4.04. The van der Waals surface area contributed by atoms with Gasteiger partial charge in [0.1, 0.15) is 6.26 Å². The highest BCUT2D eigenvalue weighted by atomic mass is 79.9. The molecule has 1 heterocycles. The first kappa shape index (κ1) is 11.7. The van der Waals surface area contributed by atoms with Crippen LogP contribution < -0.4 is 5.32 Å². The van der Waals surface area contributed by atoms with Crippen molar-refractivity contribution < 1.29 is 9.21 Å². The minimum absolute atomic E-state index is 0.0334. The molecule has 2 atom stereocenters. The Morgan fingerprint density at radius 3 is 3.00 bits per heavy atom. The van der Waals surface area contributed by atoms with Gasteiger partial charge < -0.3 is 9.73 Å². The zero-order valence-electron chi connectivity index (χ0n) is 9.12. The van der Waals surface area contributed by atoms with E-state index in [1.807, 2.05) is 0 Å². The van der Waals surface area contributed by atoms with E-state index >= 15 is 0 Å². The van der Waals surface area contributed by atoms with Gasteiger partial charge in [-0.15, -0.1) is 0 Å². The molecule has 0 radical (unpaired) electrons. The lowest BCUT2D eigenvalue weighted by Gasteiger charge is -2.17. The van der Waals surface area contributed by atoms with Crippen molar-refractivity contribution in [2.45, 2.75) is 19.3 Å². The molecule has 1 fully saturated rings. The summed E-state index contributed by atoms with van der Waals surface area (Å²) in [7, 11) is 0. The summed E-state index contributed by atoms with van der Waals surface area (Å²) in [5, 5.41) is 4.01. The first-order chi connectivity index (χ1) is 7.81. The summed E-state index contributed by atoms with van der Waals surface area (Å²) in [5.41, 5.74) is 0.605. The van der Waals surface area contributed by atoms with Gasteiger partial charge in [-0.2, -0.15) is 0 Å². The Morgan fingerprint density at radius 2 is 2.31 bits per heavy atom. The van der Waals surface area contributed by atoms with Crippen LogP contribution in [-0.2, 0) is 0 Å². The molecular formula is C12H16BrNO2. The third kappa shape index (κ3) is 2.67. The van der Waals surface area contributed by atoms with Crippen LogP contribution in [0.15, 0.2) is 23.0 Å². The second-order valence-corrected chi connectivity index (χ2v) is 4.97. The van der Waals surface area contributed by atoms with Crippen molar-refractivity contribution in [3.63, 3.8) is 0 Å². The summed E-state index contributed by atoms with van der Waals surface area (Å²) in [5.74, 6) is 1.30. The van der Waals surface area contributed by atoms with E-state index in [4.69, 9.17) is 4.42 Å². The standard InChI is InChI=1S/C12H16BrNO2/c13-6-9-2-1-3-10(9)7-14-12(15)11-4-5-16-8-11/h4-5,8-10H,1-3,6-7H2,(H,14,15). The van der Waals surface area contributed by atoms with Gasteiger partial charge in [0.25, 0.3) is 5.91 Å². The molecule has 2 unspecified atom stereocenters. The molecule has 16 heavy (non-hydrogen) atoms. The van der Waals surface area contributed by atoms with Crippen LogP contribution in [0.1, 0.15) is 29.6 Å². The van der Waals surface area contributed by atoms with Crippen LogP contribution >= 0.6 is 15.9 Å². The molecule has 88 valence electrons. The lowest BCUT2D eigenvalue weighted by atomic mass is 9.98. The van der Waals surface area contributed by atoms with Gasteiger partial charge in [-0.3, -0.25) is 4.79 Å². The number of alkyl halides is 1. The molecular weight excluding hydrogens is 270 g/mol. The smallest absolute Gasteiger partial charge is 0.254 e. The lowest BCUT2D eigenvalue weighted by molar-refractivity contribution is 0.0944. The molecule has 0 aromatic carbocycles. The van der Waals surface area contributed by atoms with Crippen LogP contribution in [0.5, 0.6) is 0 Å². The van der Waals surface area contributed by atoms with E-state index in [9.17, 15) is 4.79 Å². The van der Waals surface area contributed by atoms with Gasteiger partial charge in [-0.05, 0) is 30.7 Å². The number of hydrogen-bond donors (Lipinski definition) is 1. The molecule has 0 saturated heterocycles. The van der Waals surface area contributed by atoms with Crippen molar-refractivity contribution in [3.05, 3.63) is 24.2 Å².